The smallest absolute Gasteiger partial charge is 0.310 e. The Labute approximate surface area is 128 Å². The number of phenolic OH excluding ortho intramolecular Hbond substituents is 1. The number of aromatic hydroxyl groups is 1. The highest BCUT2D eigenvalue weighted by molar-refractivity contribution is 9.10. The number of rotatable bonds is 3. The minimum absolute atomic E-state index is 0.139. The average molecular weight is 351 g/mol. The molecular formula is C14H11BrN2O4. The van der Waals surface area contributed by atoms with E-state index in [4.69, 9.17) is 0 Å². The average Bonchev–Trinajstić information content (AvgIpc) is 2.41. The van der Waals surface area contributed by atoms with Gasteiger partial charge in [-0.05, 0) is 42.8 Å². The van der Waals surface area contributed by atoms with E-state index >= 15 is 0 Å². The van der Waals surface area contributed by atoms with Crippen LogP contribution in [-0.4, -0.2) is 15.9 Å². The van der Waals surface area contributed by atoms with Gasteiger partial charge in [0.1, 0.15) is 0 Å². The van der Waals surface area contributed by atoms with Gasteiger partial charge in [0.25, 0.3) is 5.91 Å². The van der Waals surface area contributed by atoms with Crippen LogP contribution in [0.1, 0.15) is 15.9 Å². The molecule has 0 aliphatic heterocycles. The van der Waals surface area contributed by atoms with Gasteiger partial charge in [0.2, 0.25) is 0 Å². The fourth-order valence-corrected chi connectivity index (χ4v) is 2.26. The highest BCUT2D eigenvalue weighted by Gasteiger charge is 2.16. The number of nitrogens with zero attached hydrogens (tertiary/aromatic N) is 1. The molecule has 7 heteroatoms. The summed E-state index contributed by atoms with van der Waals surface area (Å²) in [4.78, 5) is 22.0. The molecule has 2 aromatic rings. The number of anilines is 1. The maximum atomic E-state index is 12.1. The first kappa shape index (κ1) is 15.0. The predicted octanol–water partition coefficient (Wildman–Crippen LogP) is 3.62. The summed E-state index contributed by atoms with van der Waals surface area (Å²) in [5.74, 6) is -0.995. The monoisotopic (exact) mass is 350 g/mol. The van der Waals surface area contributed by atoms with Crippen LogP contribution >= 0.6 is 15.9 Å². The molecule has 0 fully saturated rings. The van der Waals surface area contributed by atoms with Crippen molar-refractivity contribution >= 4 is 33.2 Å². The van der Waals surface area contributed by atoms with Crippen LogP contribution in [0.2, 0.25) is 0 Å². The van der Waals surface area contributed by atoms with Crippen molar-refractivity contribution in [1.29, 1.82) is 0 Å². The molecule has 0 spiro atoms. The fourth-order valence-electron chi connectivity index (χ4n) is 1.78. The van der Waals surface area contributed by atoms with Gasteiger partial charge in [-0.3, -0.25) is 14.9 Å². The van der Waals surface area contributed by atoms with Crippen LogP contribution in [0.5, 0.6) is 5.75 Å². The van der Waals surface area contributed by atoms with Crippen LogP contribution in [0, 0.1) is 17.0 Å². The van der Waals surface area contributed by atoms with Gasteiger partial charge in [-0.15, -0.1) is 0 Å². The Hall–Kier alpha value is -2.41. The number of carbonyl (C=O) groups excluding carboxylic acids is 1. The number of nitro groups is 1. The Morgan fingerprint density at radius 3 is 2.57 bits per heavy atom. The van der Waals surface area contributed by atoms with Gasteiger partial charge in [0, 0.05) is 21.8 Å². The van der Waals surface area contributed by atoms with E-state index in [1.54, 1.807) is 12.1 Å². The summed E-state index contributed by atoms with van der Waals surface area (Å²) in [6, 6.07) is 8.84. The minimum atomic E-state index is -0.712. The molecule has 0 bridgehead atoms. The Bertz CT molecular complexity index is 731. The number of nitro benzene ring substituents is 1. The lowest BCUT2D eigenvalue weighted by atomic mass is 10.1. The number of hydrogen-bond acceptors (Lipinski definition) is 4. The van der Waals surface area contributed by atoms with E-state index in [1.807, 2.05) is 13.0 Å². The van der Waals surface area contributed by atoms with E-state index < -0.39 is 22.3 Å². The SMILES string of the molecule is Cc1cc(Br)ccc1NC(=O)c1ccc([N+](=O)[O-])c(O)c1. The van der Waals surface area contributed by atoms with Crippen LogP contribution in [0.3, 0.4) is 0 Å². The van der Waals surface area contributed by atoms with Crippen molar-refractivity contribution in [3.8, 4) is 5.75 Å². The van der Waals surface area contributed by atoms with Gasteiger partial charge >= 0.3 is 5.69 Å². The third-order valence-corrected chi connectivity index (χ3v) is 3.36. The Morgan fingerprint density at radius 2 is 2.00 bits per heavy atom. The van der Waals surface area contributed by atoms with Crippen molar-refractivity contribution in [2.24, 2.45) is 0 Å². The Balaban J connectivity index is 2.24. The zero-order valence-corrected chi connectivity index (χ0v) is 12.5. The lowest BCUT2D eigenvalue weighted by Crippen LogP contribution is -2.12. The lowest BCUT2D eigenvalue weighted by Gasteiger charge is -2.09. The number of hydrogen-bond donors (Lipinski definition) is 2. The van der Waals surface area contributed by atoms with E-state index in [1.165, 1.54) is 6.07 Å². The van der Waals surface area contributed by atoms with Gasteiger partial charge in [0.15, 0.2) is 5.75 Å². The number of amides is 1. The molecule has 2 rings (SSSR count). The maximum absolute atomic E-state index is 12.1. The molecule has 108 valence electrons. The Morgan fingerprint density at radius 1 is 1.29 bits per heavy atom. The molecule has 0 aliphatic carbocycles. The third-order valence-electron chi connectivity index (χ3n) is 2.87. The summed E-state index contributed by atoms with van der Waals surface area (Å²) in [5.41, 5.74) is 1.19. The molecule has 0 aliphatic rings. The van der Waals surface area contributed by atoms with E-state index in [9.17, 15) is 20.0 Å². The van der Waals surface area contributed by atoms with E-state index in [2.05, 4.69) is 21.2 Å². The van der Waals surface area contributed by atoms with Crippen LogP contribution in [0.15, 0.2) is 40.9 Å². The maximum Gasteiger partial charge on any atom is 0.310 e. The molecule has 6 nitrogen and oxygen atoms in total. The van der Waals surface area contributed by atoms with Crippen molar-refractivity contribution in [3.63, 3.8) is 0 Å². The third kappa shape index (κ3) is 3.38. The van der Waals surface area contributed by atoms with Crippen LogP contribution in [0.25, 0.3) is 0 Å². The summed E-state index contributed by atoms with van der Waals surface area (Å²) in [5, 5.41) is 22.8. The summed E-state index contributed by atoms with van der Waals surface area (Å²) < 4.78 is 0.894. The number of benzene rings is 2. The summed E-state index contributed by atoms with van der Waals surface area (Å²) in [6.45, 7) is 1.84. The largest absolute Gasteiger partial charge is 0.502 e. The lowest BCUT2D eigenvalue weighted by molar-refractivity contribution is -0.385. The van der Waals surface area contributed by atoms with Crippen molar-refractivity contribution in [1.82, 2.24) is 0 Å². The van der Waals surface area contributed by atoms with E-state index in [-0.39, 0.29) is 5.56 Å². The van der Waals surface area contributed by atoms with Gasteiger partial charge in [0.05, 0.1) is 4.92 Å². The van der Waals surface area contributed by atoms with E-state index in [0.29, 0.717) is 5.69 Å². The first-order chi connectivity index (χ1) is 9.88. The minimum Gasteiger partial charge on any atom is -0.502 e. The number of phenols is 1. The predicted molar refractivity (Wildman–Crippen MR) is 81.6 cm³/mol. The molecule has 2 aromatic carbocycles. The van der Waals surface area contributed by atoms with Gasteiger partial charge in [-0.1, -0.05) is 15.9 Å². The summed E-state index contributed by atoms with van der Waals surface area (Å²) in [6.07, 6.45) is 0. The van der Waals surface area contributed by atoms with Crippen molar-refractivity contribution < 1.29 is 14.8 Å². The molecule has 0 heterocycles. The Kier molecular flexibility index (Phi) is 4.23. The molecule has 0 saturated heterocycles. The fraction of sp³-hybridized carbons (Fsp3) is 0.0714. The molecule has 0 atom stereocenters. The van der Waals surface area contributed by atoms with Crippen molar-refractivity contribution in [2.75, 3.05) is 5.32 Å². The summed E-state index contributed by atoms with van der Waals surface area (Å²) in [7, 11) is 0. The molecule has 2 N–H and O–H groups in total. The van der Waals surface area contributed by atoms with E-state index in [0.717, 1.165) is 22.2 Å². The first-order valence-corrected chi connectivity index (χ1v) is 6.72. The number of carbonyl (C=O) groups is 1. The quantitative estimate of drug-likeness (QED) is 0.652. The number of aryl methyl sites for hydroxylation is 1. The number of halogens is 1. The van der Waals surface area contributed by atoms with Crippen molar-refractivity contribution in [2.45, 2.75) is 6.92 Å². The van der Waals surface area contributed by atoms with Gasteiger partial charge < -0.3 is 10.4 Å². The molecule has 0 saturated carbocycles. The summed E-state index contributed by atoms with van der Waals surface area (Å²) >= 11 is 3.33. The second-order valence-corrected chi connectivity index (χ2v) is 5.29. The molecular weight excluding hydrogens is 340 g/mol. The zero-order chi connectivity index (χ0) is 15.6. The molecule has 0 aromatic heterocycles. The van der Waals surface area contributed by atoms with Crippen LogP contribution in [0.4, 0.5) is 11.4 Å². The molecule has 0 unspecified atom stereocenters. The molecule has 0 radical (unpaired) electrons. The zero-order valence-electron chi connectivity index (χ0n) is 11.0. The normalized spacial score (nSPS) is 10.2. The van der Waals surface area contributed by atoms with Crippen LogP contribution < -0.4 is 5.32 Å². The molecule has 21 heavy (non-hydrogen) atoms. The van der Waals surface area contributed by atoms with Crippen molar-refractivity contribution in [3.05, 3.63) is 62.1 Å². The topological polar surface area (TPSA) is 92.5 Å². The number of nitrogens with one attached hydrogen (secondary N) is 1. The second kappa shape index (κ2) is 5.92. The standard InChI is InChI=1S/C14H11BrN2O4/c1-8-6-10(15)3-4-11(8)16-14(19)9-2-5-12(17(20)21)13(18)7-9/h2-7,18H,1H3,(H,16,19). The second-order valence-electron chi connectivity index (χ2n) is 4.37. The van der Waals surface area contributed by atoms with Crippen LogP contribution in [-0.2, 0) is 0 Å². The molecule has 1 amide bonds. The van der Waals surface area contributed by atoms with Gasteiger partial charge in [-0.2, -0.15) is 0 Å². The first-order valence-electron chi connectivity index (χ1n) is 5.93. The highest BCUT2D eigenvalue weighted by atomic mass is 79.9. The van der Waals surface area contributed by atoms with Gasteiger partial charge in [-0.25, -0.2) is 0 Å². The highest BCUT2D eigenvalue weighted by Crippen LogP contribution is 2.27.